The summed E-state index contributed by atoms with van der Waals surface area (Å²) in [5, 5.41) is 0.388. The Hall–Kier alpha value is -1.09. The Morgan fingerprint density at radius 3 is 2.67 bits per heavy atom. The minimum atomic E-state index is -0.503. The van der Waals surface area contributed by atoms with E-state index in [1.165, 1.54) is 18.2 Å². The Morgan fingerprint density at radius 2 is 2.00 bits per heavy atom. The Morgan fingerprint density at radius 1 is 1.33 bits per heavy atom. The van der Waals surface area contributed by atoms with Gasteiger partial charge in [-0.2, -0.15) is 0 Å². The summed E-state index contributed by atoms with van der Waals surface area (Å²) in [6.45, 7) is 1.43. The van der Waals surface area contributed by atoms with Crippen LogP contribution in [0.1, 0.15) is 23.2 Å². The maximum absolute atomic E-state index is 13.4. The van der Waals surface area contributed by atoms with Crippen molar-refractivity contribution >= 4 is 17.5 Å². The van der Waals surface area contributed by atoms with Crippen LogP contribution < -0.4 is 0 Å². The highest BCUT2D eigenvalue weighted by atomic mass is 35.5. The molecule has 0 unspecified atom stereocenters. The summed E-state index contributed by atoms with van der Waals surface area (Å²) in [5.41, 5.74) is 0.0735. The van der Waals surface area contributed by atoms with Gasteiger partial charge in [0.15, 0.2) is 0 Å². The molecule has 4 heteroatoms. The number of halogens is 2. The number of carbonyl (C=O) groups is 1. The highest BCUT2D eigenvalue weighted by Crippen LogP contribution is 2.19. The number of hydrogen-bond donors (Lipinski definition) is 0. The number of rotatable bonds is 1. The zero-order valence-corrected chi connectivity index (χ0v) is 8.93. The molecule has 1 aliphatic heterocycles. The smallest absolute Gasteiger partial charge is 0.256 e. The number of amides is 1. The van der Waals surface area contributed by atoms with Gasteiger partial charge in [0, 0.05) is 18.1 Å². The van der Waals surface area contributed by atoms with E-state index in [1.807, 2.05) is 0 Å². The van der Waals surface area contributed by atoms with Gasteiger partial charge in [-0.1, -0.05) is 11.6 Å². The highest BCUT2D eigenvalue weighted by Gasteiger charge is 2.22. The zero-order valence-electron chi connectivity index (χ0n) is 8.17. The van der Waals surface area contributed by atoms with Gasteiger partial charge in [-0.25, -0.2) is 4.39 Å². The van der Waals surface area contributed by atoms with Gasteiger partial charge in [0.25, 0.3) is 5.91 Å². The molecule has 0 radical (unpaired) electrons. The van der Waals surface area contributed by atoms with Crippen LogP contribution in [0.5, 0.6) is 0 Å². The Labute approximate surface area is 92.6 Å². The number of nitrogens with zero attached hydrogens (tertiary/aromatic N) is 1. The molecule has 80 valence electrons. The Kier molecular flexibility index (Phi) is 2.91. The average Bonchev–Trinajstić information content (AvgIpc) is 2.74. The molecule has 0 atom stereocenters. The summed E-state index contributed by atoms with van der Waals surface area (Å²) in [4.78, 5) is 13.5. The summed E-state index contributed by atoms with van der Waals surface area (Å²) >= 11 is 5.73. The molecule has 1 amide bonds. The van der Waals surface area contributed by atoms with E-state index < -0.39 is 5.82 Å². The average molecular weight is 228 g/mol. The molecule has 0 saturated carbocycles. The van der Waals surface area contributed by atoms with Gasteiger partial charge in [-0.15, -0.1) is 0 Å². The molecule has 1 saturated heterocycles. The molecule has 1 aromatic carbocycles. The lowest BCUT2D eigenvalue weighted by molar-refractivity contribution is 0.0788. The second-order valence-electron chi connectivity index (χ2n) is 3.62. The topological polar surface area (TPSA) is 20.3 Å². The van der Waals surface area contributed by atoms with Gasteiger partial charge in [-0.05, 0) is 31.0 Å². The first kappa shape index (κ1) is 10.4. The maximum atomic E-state index is 13.4. The third-order valence-electron chi connectivity index (χ3n) is 2.55. The first-order valence-electron chi connectivity index (χ1n) is 4.93. The third-order valence-corrected chi connectivity index (χ3v) is 2.79. The summed E-state index contributed by atoms with van der Waals surface area (Å²) in [7, 11) is 0. The molecule has 1 heterocycles. The fourth-order valence-electron chi connectivity index (χ4n) is 1.75. The van der Waals surface area contributed by atoms with E-state index in [4.69, 9.17) is 11.6 Å². The third kappa shape index (κ3) is 2.12. The molecular weight excluding hydrogens is 217 g/mol. The quantitative estimate of drug-likeness (QED) is 0.723. The van der Waals surface area contributed by atoms with Crippen molar-refractivity contribution in [2.75, 3.05) is 13.1 Å². The standard InChI is InChI=1S/C11H11ClFNO/c12-8-3-4-10(13)9(7-8)11(15)14-5-1-2-6-14/h3-4,7H,1-2,5-6H2. The summed E-state index contributed by atoms with van der Waals surface area (Å²) in [6.07, 6.45) is 1.99. The van der Waals surface area contributed by atoms with E-state index in [9.17, 15) is 9.18 Å². The van der Waals surface area contributed by atoms with Gasteiger partial charge in [-0.3, -0.25) is 4.79 Å². The molecule has 0 aliphatic carbocycles. The van der Waals surface area contributed by atoms with Crippen LogP contribution in [0.4, 0.5) is 4.39 Å². The van der Waals surface area contributed by atoms with Crippen molar-refractivity contribution < 1.29 is 9.18 Å². The monoisotopic (exact) mass is 227 g/mol. The molecule has 2 nitrogen and oxygen atoms in total. The molecular formula is C11H11ClFNO. The largest absolute Gasteiger partial charge is 0.339 e. The van der Waals surface area contributed by atoms with Crippen molar-refractivity contribution in [3.8, 4) is 0 Å². The minimum absolute atomic E-state index is 0.0735. The number of hydrogen-bond acceptors (Lipinski definition) is 1. The van der Waals surface area contributed by atoms with Gasteiger partial charge in [0.1, 0.15) is 5.82 Å². The zero-order chi connectivity index (χ0) is 10.8. The molecule has 1 aliphatic rings. The molecule has 0 aromatic heterocycles. The number of likely N-dealkylation sites (tertiary alicyclic amines) is 1. The number of benzene rings is 1. The van der Waals surface area contributed by atoms with Crippen LogP contribution in [0.25, 0.3) is 0 Å². The molecule has 1 aromatic rings. The van der Waals surface area contributed by atoms with Crippen molar-refractivity contribution in [3.05, 3.63) is 34.6 Å². The predicted octanol–water partition coefficient (Wildman–Crippen LogP) is 2.72. The summed E-state index contributed by atoms with van der Waals surface area (Å²) < 4.78 is 13.4. The van der Waals surface area contributed by atoms with E-state index in [0.29, 0.717) is 18.1 Å². The maximum Gasteiger partial charge on any atom is 0.256 e. The van der Waals surface area contributed by atoms with Crippen LogP contribution in [0.3, 0.4) is 0 Å². The lowest BCUT2D eigenvalue weighted by Gasteiger charge is -2.15. The van der Waals surface area contributed by atoms with Crippen molar-refractivity contribution in [1.82, 2.24) is 4.90 Å². The van der Waals surface area contributed by atoms with Crippen LogP contribution in [0.2, 0.25) is 5.02 Å². The van der Waals surface area contributed by atoms with Gasteiger partial charge >= 0.3 is 0 Å². The van der Waals surface area contributed by atoms with Crippen LogP contribution in [-0.2, 0) is 0 Å². The fraction of sp³-hybridized carbons (Fsp3) is 0.364. The summed E-state index contributed by atoms with van der Waals surface area (Å²) in [6, 6.07) is 4.06. The second kappa shape index (κ2) is 4.19. The Balaban J connectivity index is 2.27. The second-order valence-corrected chi connectivity index (χ2v) is 4.06. The van der Waals surface area contributed by atoms with Crippen molar-refractivity contribution in [2.45, 2.75) is 12.8 Å². The van der Waals surface area contributed by atoms with E-state index in [-0.39, 0.29) is 11.5 Å². The van der Waals surface area contributed by atoms with E-state index in [2.05, 4.69) is 0 Å². The summed E-state index contributed by atoms with van der Waals surface area (Å²) in [5.74, 6) is -0.760. The van der Waals surface area contributed by atoms with Crippen LogP contribution in [0.15, 0.2) is 18.2 Å². The molecule has 2 rings (SSSR count). The fourth-order valence-corrected chi connectivity index (χ4v) is 1.92. The van der Waals surface area contributed by atoms with E-state index in [0.717, 1.165) is 12.8 Å². The van der Waals surface area contributed by atoms with Crippen LogP contribution in [-0.4, -0.2) is 23.9 Å². The van der Waals surface area contributed by atoms with E-state index >= 15 is 0 Å². The predicted molar refractivity (Wildman–Crippen MR) is 56.5 cm³/mol. The normalized spacial score (nSPS) is 15.7. The van der Waals surface area contributed by atoms with Gasteiger partial charge < -0.3 is 4.90 Å². The van der Waals surface area contributed by atoms with E-state index in [1.54, 1.807) is 4.90 Å². The first-order valence-corrected chi connectivity index (χ1v) is 5.30. The molecule has 0 spiro atoms. The molecule has 1 fully saturated rings. The highest BCUT2D eigenvalue weighted by molar-refractivity contribution is 6.30. The van der Waals surface area contributed by atoms with Crippen molar-refractivity contribution in [2.24, 2.45) is 0 Å². The van der Waals surface area contributed by atoms with Gasteiger partial charge in [0.05, 0.1) is 5.56 Å². The molecule has 0 N–H and O–H groups in total. The van der Waals surface area contributed by atoms with Crippen molar-refractivity contribution in [1.29, 1.82) is 0 Å². The van der Waals surface area contributed by atoms with Crippen LogP contribution in [0, 0.1) is 5.82 Å². The first-order chi connectivity index (χ1) is 7.18. The lowest BCUT2D eigenvalue weighted by atomic mass is 10.2. The molecule has 15 heavy (non-hydrogen) atoms. The van der Waals surface area contributed by atoms with Gasteiger partial charge in [0.2, 0.25) is 0 Å². The minimum Gasteiger partial charge on any atom is -0.339 e. The SMILES string of the molecule is O=C(c1cc(Cl)ccc1F)N1CCCC1. The number of carbonyl (C=O) groups excluding carboxylic acids is 1. The lowest BCUT2D eigenvalue weighted by Crippen LogP contribution is -2.28. The Bertz CT molecular complexity index is 388. The van der Waals surface area contributed by atoms with Crippen molar-refractivity contribution in [3.63, 3.8) is 0 Å². The molecule has 0 bridgehead atoms. The van der Waals surface area contributed by atoms with Crippen LogP contribution >= 0.6 is 11.6 Å².